The second kappa shape index (κ2) is 6.73. The van der Waals surface area contributed by atoms with Gasteiger partial charge in [-0.05, 0) is 43.5 Å². The normalized spacial score (nSPS) is 20.3. The van der Waals surface area contributed by atoms with Crippen LogP contribution in [0, 0.1) is 0 Å². The summed E-state index contributed by atoms with van der Waals surface area (Å²) >= 11 is 1.87. The summed E-state index contributed by atoms with van der Waals surface area (Å²) in [6.45, 7) is 2.89. The number of thioether (sulfide) groups is 1. The second-order valence-electron chi connectivity index (χ2n) is 5.99. The minimum atomic E-state index is 0.232. The molecule has 114 valence electrons. The number of anilines is 1. The highest BCUT2D eigenvalue weighted by atomic mass is 32.2. The summed E-state index contributed by atoms with van der Waals surface area (Å²) in [7, 11) is 0. The maximum absolute atomic E-state index is 5.61. The van der Waals surface area contributed by atoms with Crippen molar-refractivity contribution < 1.29 is 4.74 Å². The Morgan fingerprint density at radius 1 is 1.19 bits per heavy atom. The first-order chi connectivity index (χ1) is 10.3. The molecule has 3 nitrogen and oxygen atoms in total. The molecule has 1 aliphatic heterocycles. The van der Waals surface area contributed by atoms with Crippen molar-refractivity contribution in [3.05, 3.63) is 24.3 Å². The Labute approximate surface area is 131 Å². The minimum absolute atomic E-state index is 0.232. The number of nitrogens with zero attached hydrogens (tertiary/aromatic N) is 1. The monoisotopic (exact) mass is 304 g/mol. The van der Waals surface area contributed by atoms with Crippen LogP contribution in [0.5, 0.6) is 5.75 Å². The molecule has 4 heteroatoms. The van der Waals surface area contributed by atoms with E-state index in [4.69, 9.17) is 9.73 Å². The molecule has 1 aromatic carbocycles. The highest BCUT2D eigenvalue weighted by Crippen LogP contribution is 2.39. The molecule has 0 saturated heterocycles. The van der Waals surface area contributed by atoms with Crippen LogP contribution < -0.4 is 10.1 Å². The van der Waals surface area contributed by atoms with Crippen molar-refractivity contribution in [2.24, 2.45) is 4.99 Å². The zero-order valence-electron chi connectivity index (χ0n) is 12.7. The fourth-order valence-electron chi connectivity index (χ4n) is 2.99. The SMILES string of the molecule is CCCOc1ccc(NC2=NC3(CCCCC3)CS2)cc1. The van der Waals surface area contributed by atoms with E-state index in [0.29, 0.717) is 0 Å². The van der Waals surface area contributed by atoms with Crippen LogP contribution in [0.1, 0.15) is 45.4 Å². The number of benzene rings is 1. The fraction of sp³-hybridized carbons (Fsp3) is 0.588. The molecule has 1 spiro atoms. The lowest BCUT2D eigenvalue weighted by Crippen LogP contribution is -2.29. The molecular formula is C17H24N2OS. The zero-order chi connectivity index (χ0) is 14.5. The number of hydrogen-bond donors (Lipinski definition) is 1. The maximum atomic E-state index is 5.61. The van der Waals surface area contributed by atoms with Crippen LogP contribution >= 0.6 is 11.8 Å². The number of ether oxygens (including phenoxy) is 1. The van der Waals surface area contributed by atoms with E-state index in [1.165, 1.54) is 32.1 Å². The highest BCUT2D eigenvalue weighted by Gasteiger charge is 2.36. The van der Waals surface area contributed by atoms with Gasteiger partial charge in [-0.15, -0.1) is 0 Å². The topological polar surface area (TPSA) is 33.6 Å². The number of rotatable bonds is 4. The van der Waals surface area contributed by atoms with Crippen molar-refractivity contribution in [1.29, 1.82) is 0 Å². The molecule has 1 N–H and O–H groups in total. The van der Waals surface area contributed by atoms with E-state index >= 15 is 0 Å². The van der Waals surface area contributed by atoms with E-state index in [9.17, 15) is 0 Å². The van der Waals surface area contributed by atoms with Crippen LogP contribution in [-0.2, 0) is 0 Å². The number of hydrogen-bond acceptors (Lipinski definition) is 4. The Morgan fingerprint density at radius 2 is 1.95 bits per heavy atom. The van der Waals surface area contributed by atoms with Crippen LogP contribution in [0.4, 0.5) is 5.69 Å². The van der Waals surface area contributed by atoms with E-state index in [1.54, 1.807) is 0 Å². The van der Waals surface area contributed by atoms with Gasteiger partial charge in [0.1, 0.15) is 5.75 Å². The highest BCUT2D eigenvalue weighted by molar-refractivity contribution is 8.14. The largest absolute Gasteiger partial charge is 0.494 e. The van der Waals surface area contributed by atoms with Crippen molar-refractivity contribution in [3.8, 4) is 5.75 Å². The molecule has 1 fully saturated rings. The number of aliphatic imine (C=N–C) groups is 1. The molecule has 0 radical (unpaired) electrons. The lowest BCUT2D eigenvalue weighted by atomic mass is 9.84. The Hall–Kier alpha value is -1.16. The van der Waals surface area contributed by atoms with Gasteiger partial charge in [0.25, 0.3) is 0 Å². The van der Waals surface area contributed by atoms with Gasteiger partial charge in [-0.2, -0.15) is 0 Å². The van der Waals surface area contributed by atoms with Crippen molar-refractivity contribution >= 4 is 22.6 Å². The summed E-state index contributed by atoms with van der Waals surface area (Å²) in [4.78, 5) is 4.98. The predicted octanol–water partition coefficient (Wildman–Crippen LogP) is 4.69. The van der Waals surface area contributed by atoms with Gasteiger partial charge in [0.15, 0.2) is 5.17 Å². The van der Waals surface area contributed by atoms with E-state index in [1.807, 2.05) is 23.9 Å². The third-order valence-corrected chi connectivity index (χ3v) is 5.33. The summed E-state index contributed by atoms with van der Waals surface area (Å²) in [5.74, 6) is 2.08. The number of amidine groups is 1. The molecule has 3 rings (SSSR count). The molecule has 1 saturated carbocycles. The van der Waals surface area contributed by atoms with Crippen LogP contribution in [0.3, 0.4) is 0 Å². The summed E-state index contributed by atoms with van der Waals surface area (Å²) < 4.78 is 5.61. The van der Waals surface area contributed by atoms with E-state index in [0.717, 1.165) is 35.4 Å². The lowest BCUT2D eigenvalue weighted by molar-refractivity contribution is 0.317. The van der Waals surface area contributed by atoms with Gasteiger partial charge < -0.3 is 10.1 Å². The Bertz CT molecular complexity index is 492. The molecule has 0 amide bonds. The van der Waals surface area contributed by atoms with Crippen LogP contribution in [0.2, 0.25) is 0 Å². The molecule has 0 unspecified atom stereocenters. The lowest BCUT2D eigenvalue weighted by Gasteiger charge is -2.29. The van der Waals surface area contributed by atoms with Crippen LogP contribution in [0.15, 0.2) is 29.3 Å². The van der Waals surface area contributed by atoms with E-state index < -0.39 is 0 Å². The summed E-state index contributed by atoms with van der Waals surface area (Å²) in [5.41, 5.74) is 1.33. The molecule has 1 heterocycles. The van der Waals surface area contributed by atoms with Gasteiger partial charge in [0, 0.05) is 11.4 Å². The van der Waals surface area contributed by atoms with E-state index in [2.05, 4.69) is 24.4 Å². The number of nitrogens with one attached hydrogen (secondary N) is 1. The summed E-state index contributed by atoms with van der Waals surface area (Å²) in [6.07, 6.45) is 7.60. The van der Waals surface area contributed by atoms with Gasteiger partial charge in [0.05, 0.1) is 12.1 Å². The summed E-state index contributed by atoms with van der Waals surface area (Å²) in [5, 5.41) is 4.54. The van der Waals surface area contributed by atoms with Crippen LogP contribution in [-0.4, -0.2) is 23.1 Å². The van der Waals surface area contributed by atoms with Gasteiger partial charge in [-0.1, -0.05) is 37.9 Å². The molecular weight excluding hydrogens is 280 g/mol. The van der Waals surface area contributed by atoms with Gasteiger partial charge in [0.2, 0.25) is 0 Å². The Balaban J connectivity index is 1.60. The fourth-order valence-corrected chi connectivity index (χ4v) is 4.20. The van der Waals surface area contributed by atoms with Crippen molar-refractivity contribution in [2.75, 3.05) is 17.7 Å². The van der Waals surface area contributed by atoms with E-state index in [-0.39, 0.29) is 5.54 Å². The molecule has 21 heavy (non-hydrogen) atoms. The average Bonchev–Trinajstić information content (AvgIpc) is 2.89. The first-order valence-electron chi connectivity index (χ1n) is 8.02. The third-order valence-electron chi connectivity index (χ3n) is 4.18. The molecule has 1 aliphatic carbocycles. The molecule has 0 aromatic heterocycles. The first-order valence-corrected chi connectivity index (χ1v) is 9.01. The smallest absolute Gasteiger partial charge is 0.161 e. The Morgan fingerprint density at radius 3 is 2.67 bits per heavy atom. The molecule has 1 aromatic rings. The van der Waals surface area contributed by atoms with Gasteiger partial charge in [-0.3, -0.25) is 4.99 Å². The summed E-state index contributed by atoms with van der Waals surface area (Å²) in [6, 6.07) is 8.18. The minimum Gasteiger partial charge on any atom is -0.494 e. The Kier molecular flexibility index (Phi) is 4.73. The van der Waals surface area contributed by atoms with Crippen molar-refractivity contribution in [3.63, 3.8) is 0 Å². The van der Waals surface area contributed by atoms with Gasteiger partial charge >= 0.3 is 0 Å². The standard InChI is InChI=1S/C17H24N2OS/c1-2-12-20-15-8-6-14(7-9-15)18-16-19-17(13-21-16)10-4-3-5-11-17/h6-9H,2-5,10-13H2,1H3,(H,18,19). The average molecular weight is 304 g/mol. The maximum Gasteiger partial charge on any atom is 0.161 e. The quantitative estimate of drug-likeness (QED) is 0.876. The first kappa shape index (κ1) is 14.8. The zero-order valence-corrected chi connectivity index (χ0v) is 13.5. The predicted molar refractivity (Wildman–Crippen MR) is 91.6 cm³/mol. The molecule has 0 bridgehead atoms. The van der Waals surface area contributed by atoms with Crippen molar-refractivity contribution in [1.82, 2.24) is 0 Å². The van der Waals surface area contributed by atoms with Crippen molar-refractivity contribution in [2.45, 2.75) is 51.0 Å². The third kappa shape index (κ3) is 3.73. The van der Waals surface area contributed by atoms with Crippen LogP contribution in [0.25, 0.3) is 0 Å². The molecule has 2 aliphatic rings. The van der Waals surface area contributed by atoms with Gasteiger partial charge in [-0.25, -0.2) is 0 Å². The molecule has 0 atom stereocenters. The second-order valence-corrected chi connectivity index (χ2v) is 6.95.